The van der Waals surface area contributed by atoms with E-state index in [1.165, 1.54) is 167 Å². The molecular formula is C60H110O15. The van der Waals surface area contributed by atoms with E-state index in [1.54, 1.807) is 0 Å². The maximum absolute atomic E-state index is 13.1. The number of carbonyl (C=O) groups excluding carboxylic acids is 2. The fourth-order valence-electron chi connectivity index (χ4n) is 9.71. The lowest BCUT2D eigenvalue weighted by Crippen LogP contribution is -2.61. The summed E-state index contributed by atoms with van der Waals surface area (Å²) in [6, 6.07) is 0. The molecule has 2 rings (SSSR count). The van der Waals surface area contributed by atoms with Crippen molar-refractivity contribution in [1.82, 2.24) is 0 Å². The molecule has 11 atom stereocenters. The van der Waals surface area contributed by atoms with E-state index in [0.29, 0.717) is 19.3 Å². The molecule has 0 aromatic heterocycles. The third-order valence-electron chi connectivity index (χ3n) is 14.7. The highest BCUT2D eigenvalue weighted by molar-refractivity contribution is 5.70. The molecule has 15 heteroatoms. The number of hydrogen-bond acceptors (Lipinski definition) is 15. The second kappa shape index (κ2) is 46.9. The van der Waals surface area contributed by atoms with Gasteiger partial charge in [0.1, 0.15) is 55.4 Å². The summed E-state index contributed by atoms with van der Waals surface area (Å²) in [6.07, 6.45) is 35.0. The summed E-state index contributed by atoms with van der Waals surface area (Å²) in [7, 11) is 0. The van der Waals surface area contributed by atoms with Gasteiger partial charge in [0.25, 0.3) is 0 Å². The Kier molecular flexibility index (Phi) is 43.2. The van der Waals surface area contributed by atoms with Crippen molar-refractivity contribution in [3.63, 3.8) is 0 Å². The van der Waals surface area contributed by atoms with Crippen LogP contribution in [0.3, 0.4) is 0 Å². The van der Waals surface area contributed by atoms with Crippen molar-refractivity contribution in [2.45, 2.75) is 319 Å². The summed E-state index contributed by atoms with van der Waals surface area (Å²) >= 11 is 0. The minimum absolute atomic E-state index is 0.109. The number of ether oxygens (including phenoxy) is 6. The molecule has 0 radical (unpaired) electrons. The lowest BCUT2D eigenvalue weighted by Gasteiger charge is -2.42. The van der Waals surface area contributed by atoms with E-state index in [0.717, 1.165) is 38.5 Å². The normalized spacial score (nSPS) is 24.6. The standard InChI is InChI=1S/C60H110O15/c1-3-5-7-9-11-13-15-17-19-21-22-23-24-25-26-27-29-31-33-35-37-39-41-43-52(63)73-48(45-70-51(62)42-40-38-36-34-32-30-28-20-18-16-14-12-10-8-6-4-2)46-71-59-58(69)56(67)54(65)50(75-59)47-72-60-57(68)55(66)53(64)49(44-61)74-60/h27,29,35,37,48-50,53-61,64-69H,3-26,28,30-34,36,38-47H2,1-2H3/b29-27+,37-35+/t48-,49+,50+,53-,54-,55?,56?,57?,58?,59+,60+/m1/s1. The van der Waals surface area contributed by atoms with E-state index in [9.17, 15) is 45.3 Å². The maximum atomic E-state index is 13.1. The van der Waals surface area contributed by atoms with Gasteiger partial charge in [-0.25, -0.2) is 0 Å². The molecule has 2 heterocycles. The largest absolute Gasteiger partial charge is 0.462 e. The molecule has 75 heavy (non-hydrogen) atoms. The Morgan fingerprint density at radius 3 is 1.25 bits per heavy atom. The van der Waals surface area contributed by atoms with Gasteiger partial charge in [0.2, 0.25) is 0 Å². The van der Waals surface area contributed by atoms with E-state index in [2.05, 4.69) is 38.2 Å². The third kappa shape index (κ3) is 33.9. The summed E-state index contributed by atoms with van der Waals surface area (Å²) in [6.45, 7) is 2.61. The van der Waals surface area contributed by atoms with Crippen molar-refractivity contribution in [1.29, 1.82) is 0 Å². The van der Waals surface area contributed by atoms with E-state index in [-0.39, 0.29) is 19.4 Å². The fourth-order valence-corrected chi connectivity index (χ4v) is 9.71. The van der Waals surface area contributed by atoms with Gasteiger partial charge in [-0.2, -0.15) is 0 Å². The fraction of sp³-hybridized carbons (Fsp3) is 0.900. The van der Waals surface area contributed by atoms with Gasteiger partial charge in [0.15, 0.2) is 18.7 Å². The van der Waals surface area contributed by atoms with Crippen molar-refractivity contribution in [3.8, 4) is 0 Å². The second-order valence-electron chi connectivity index (χ2n) is 21.5. The van der Waals surface area contributed by atoms with Gasteiger partial charge >= 0.3 is 11.9 Å². The van der Waals surface area contributed by atoms with Crippen LogP contribution < -0.4 is 0 Å². The molecule has 4 unspecified atom stereocenters. The highest BCUT2D eigenvalue weighted by Crippen LogP contribution is 2.27. The molecule has 440 valence electrons. The quantitative estimate of drug-likeness (QED) is 0.0171. The number of esters is 2. The first-order valence-electron chi connectivity index (χ1n) is 30.4. The number of aliphatic hydroxyl groups is 7. The van der Waals surface area contributed by atoms with Crippen LogP contribution in [-0.4, -0.2) is 142 Å². The van der Waals surface area contributed by atoms with E-state index < -0.39 is 99.3 Å². The predicted molar refractivity (Wildman–Crippen MR) is 294 cm³/mol. The Hall–Kier alpha value is -2.02. The van der Waals surface area contributed by atoms with Gasteiger partial charge in [-0.15, -0.1) is 0 Å². The van der Waals surface area contributed by atoms with Crippen LogP contribution >= 0.6 is 0 Å². The summed E-state index contributed by atoms with van der Waals surface area (Å²) < 4.78 is 33.7. The van der Waals surface area contributed by atoms with Crippen LogP contribution in [0.25, 0.3) is 0 Å². The SMILES string of the molecule is CCCCCCCCCCCCCCCC/C=C/CC/C=C/CCCC(=O)O[C@H](COC(=O)CCCCCCCCCCCCCCCCCC)CO[C@H]1O[C@@H](CO[C@H]2O[C@@H](CO)[C@@H](O)C(O)C2O)[C@@H](O)C(O)C1O. The smallest absolute Gasteiger partial charge is 0.306 e. The summed E-state index contributed by atoms with van der Waals surface area (Å²) in [5.41, 5.74) is 0. The van der Waals surface area contributed by atoms with Gasteiger partial charge < -0.3 is 64.2 Å². The van der Waals surface area contributed by atoms with E-state index in [1.807, 2.05) is 0 Å². The molecule has 0 spiro atoms. The van der Waals surface area contributed by atoms with Gasteiger partial charge in [0.05, 0.1) is 19.8 Å². The van der Waals surface area contributed by atoms with Crippen molar-refractivity contribution >= 4 is 11.9 Å². The summed E-state index contributed by atoms with van der Waals surface area (Å²) in [4.78, 5) is 25.9. The molecule has 2 fully saturated rings. The molecule has 2 aliphatic rings. The second-order valence-corrected chi connectivity index (χ2v) is 21.5. The Labute approximate surface area is 453 Å². The third-order valence-corrected chi connectivity index (χ3v) is 14.7. The van der Waals surface area contributed by atoms with Gasteiger partial charge in [-0.1, -0.05) is 218 Å². The number of carbonyl (C=O) groups is 2. The van der Waals surface area contributed by atoms with E-state index >= 15 is 0 Å². The summed E-state index contributed by atoms with van der Waals surface area (Å²) in [5, 5.41) is 72.3. The number of hydrogen-bond donors (Lipinski definition) is 7. The molecule has 0 saturated carbocycles. The zero-order valence-corrected chi connectivity index (χ0v) is 47.0. The van der Waals surface area contributed by atoms with Crippen LogP contribution in [0.5, 0.6) is 0 Å². The van der Waals surface area contributed by atoms with Crippen LogP contribution in [0.15, 0.2) is 24.3 Å². The first kappa shape index (κ1) is 69.1. The Balaban J connectivity index is 1.74. The number of unbranched alkanes of at least 4 members (excludes halogenated alkanes) is 31. The molecule has 0 aliphatic carbocycles. The number of allylic oxidation sites excluding steroid dienone is 4. The predicted octanol–water partition coefficient (Wildman–Crippen LogP) is 10.7. The van der Waals surface area contributed by atoms with Crippen molar-refractivity contribution in [2.24, 2.45) is 0 Å². The van der Waals surface area contributed by atoms with Crippen LogP contribution in [-0.2, 0) is 38.0 Å². The molecular weight excluding hydrogens is 961 g/mol. The molecule has 7 N–H and O–H groups in total. The first-order valence-corrected chi connectivity index (χ1v) is 30.4. The Bertz CT molecular complexity index is 1400. The number of aliphatic hydroxyl groups excluding tert-OH is 7. The maximum Gasteiger partial charge on any atom is 0.306 e. The zero-order chi connectivity index (χ0) is 54.6. The highest BCUT2D eigenvalue weighted by atomic mass is 16.7. The average molecular weight is 1070 g/mol. The van der Waals surface area contributed by atoms with Gasteiger partial charge in [-0.05, 0) is 44.9 Å². The van der Waals surface area contributed by atoms with Crippen molar-refractivity contribution in [2.75, 3.05) is 26.4 Å². The minimum Gasteiger partial charge on any atom is -0.462 e. The first-order chi connectivity index (χ1) is 36.5. The molecule has 15 nitrogen and oxygen atoms in total. The molecule has 2 aliphatic heterocycles. The average Bonchev–Trinajstić information content (AvgIpc) is 3.40. The summed E-state index contributed by atoms with van der Waals surface area (Å²) in [5.74, 6) is -0.960. The van der Waals surface area contributed by atoms with Crippen LogP contribution in [0.1, 0.15) is 251 Å². The molecule has 2 saturated heterocycles. The van der Waals surface area contributed by atoms with Crippen molar-refractivity contribution in [3.05, 3.63) is 24.3 Å². The minimum atomic E-state index is -1.77. The highest BCUT2D eigenvalue weighted by Gasteiger charge is 2.47. The topological polar surface area (TPSA) is 231 Å². The zero-order valence-electron chi connectivity index (χ0n) is 47.0. The van der Waals surface area contributed by atoms with Crippen molar-refractivity contribution < 1.29 is 73.8 Å². The molecule has 0 bridgehead atoms. The van der Waals surface area contributed by atoms with Gasteiger partial charge in [-0.3, -0.25) is 9.59 Å². The lowest BCUT2D eigenvalue weighted by atomic mass is 9.98. The molecule has 0 amide bonds. The van der Waals surface area contributed by atoms with Crippen LogP contribution in [0.4, 0.5) is 0 Å². The Morgan fingerprint density at radius 1 is 0.413 bits per heavy atom. The monoisotopic (exact) mass is 1070 g/mol. The van der Waals surface area contributed by atoms with Crippen LogP contribution in [0.2, 0.25) is 0 Å². The molecule has 0 aromatic carbocycles. The lowest BCUT2D eigenvalue weighted by molar-refractivity contribution is -0.332. The molecule has 0 aromatic rings. The Morgan fingerprint density at radius 2 is 0.787 bits per heavy atom. The van der Waals surface area contributed by atoms with Crippen LogP contribution in [0, 0.1) is 0 Å². The van der Waals surface area contributed by atoms with E-state index in [4.69, 9.17) is 28.4 Å². The number of rotatable bonds is 49. The van der Waals surface area contributed by atoms with Gasteiger partial charge in [0, 0.05) is 12.8 Å².